The van der Waals surface area contributed by atoms with Crippen LogP contribution < -0.4 is 0 Å². The van der Waals surface area contributed by atoms with Crippen LogP contribution in [-0.2, 0) is 4.79 Å². The van der Waals surface area contributed by atoms with Crippen molar-refractivity contribution < 1.29 is 18.7 Å². The molecule has 4 heteroatoms. The van der Waals surface area contributed by atoms with E-state index < -0.39 is 17.8 Å². The van der Waals surface area contributed by atoms with E-state index in [4.69, 9.17) is 5.11 Å². The number of hydrogen-bond acceptors (Lipinski definition) is 1. The smallest absolute Gasteiger partial charge is 0.344 e. The molecule has 1 N–H and O–H groups in total. The van der Waals surface area contributed by atoms with E-state index in [1.807, 2.05) is 0 Å². The lowest BCUT2D eigenvalue weighted by Gasteiger charge is -2.33. The van der Waals surface area contributed by atoms with E-state index in [0.717, 1.165) is 0 Å². The molecular formula is C5H6F2O2. The van der Waals surface area contributed by atoms with Gasteiger partial charge in [0.25, 0.3) is 0 Å². The second-order valence-electron chi connectivity index (χ2n) is 2.17. The molecule has 1 rings (SSSR count). The summed E-state index contributed by atoms with van der Waals surface area (Å²) in [5.74, 6) is -1.68. The summed E-state index contributed by atoms with van der Waals surface area (Å²) in [6.07, 6.45) is -1.96. The Morgan fingerprint density at radius 3 is 2.33 bits per heavy atom. The molecule has 0 unspecified atom stereocenters. The summed E-state index contributed by atoms with van der Waals surface area (Å²) in [5.41, 5.74) is -2.57. The number of rotatable bonds is 1. The van der Waals surface area contributed by atoms with Crippen LogP contribution in [0.25, 0.3) is 0 Å². The van der Waals surface area contributed by atoms with E-state index in [-0.39, 0.29) is 12.8 Å². The third kappa shape index (κ3) is 0.693. The highest BCUT2D eigenvalue weighted by Crippen LogP contribution is 2.38. The summed E-state index contributed by atoms with van der Waals surface area (Å²) in [7, 11) is 0. The number of alkyl halides is 2. The van der Waals surface area contributed by atoms with Crippen molar-refractivity contribution in [3.8, 4) is 0 Å². The maximum absolute atomic E-state index is 12.4. The van der Waals surface area contributed by atoms with Crippen molar-refractivity contribution in [2.75, 3.05) is 0 Å². The van der Waals surface area contributed by atoms with Gasteiger partial charge in [-0.05, 0) is 12.8 Å². The van der Waals surface area contributed by atoms with Gasteiger partial charge in [0.1, 0.15) is 6.17 Å². The molecule has 0 aromatic carbocycles. The van der Waals surface area contributed by atoms with E-state index in [2.05, 4.69) is 0 Å². The van der Waals surface area contributed by atoms with Crippen LogP contribution in [0.4, 0.5) is 8.78 Å². The average molecular weight is 136 g/mol. The minimum absolute atomic E-state index is 0.0306. The van der Waals surface area contributed by atoms with Gasteiger partial charge >= 0.3 is 5.97 Å². The Hall–Kier alpha value is -0.670. The Balaban J connectivity index is 2.64. The third-order valence-corrected chi connectivity index (χ3v) is 1.61. The maximum atomic E-state index is 12.4. The Morgan fingerprint density at radius 2 is 2.33 bits per heavy atom. The van der Waals surface area contributed by atoms with Crippen LogP contribution in [0.5, 0.6) is 0 Å². The predicted octanol–water partition coefficient (Wildman–Crippen LogP) is 0.911. The zero-order valence-electron chi connectivity index (χ0n) is 4.60. The Labute approximate surface area is 50.5 Å². The van der Waals surface area contributed by atoms with Crippen LogP contribution in [0.2, 0.25) is 0 Å². The van der Waals surface area contributed by atoms with Crippen molar-refractivity contribution in [3.63, 3.8) is 0 Å². The Bertz CT molecular complexity index is 148. The van der Waals surface area contributed by atoms with Gasteiger partial charge in [-0.1, -0.05) is 0 Å². The summed E-state index contributed by atoms with van der Waals surface area (Å²) < 4.78 is 24.5. The van der Waals surface area contributed by atoms with Gasteiger partial charge in [-0.25, -0.2) is 13.6 Å². The molecule has 1 aliphatic carbocycles. The number of hydrogen-bond donors (Lipinski definition) is 1. The van der Waals surface area contributed by atoms with Crippen LogP contribution in [0, 0.1) is 0 Å². The first kappa shape index (κ1) is 6.45. The molecule has 0 bridgehead atoms. The topological polar surface area (TPSA) is 37.3 Å². The van der Waals surface area contributed by atoms with Crippen LogP contribution in [0.3, 0.4) is 0 Å². The first-order valence-corrected chi connectivity index (χ1v) is 2.64. The van der Waals surface area contributed by atoms with E-state index in [1.165, 1.54) is 0 Å². The molecule has 2 nitrogen and oxygen atoms in total. The minimum atomic E-state index is -2.57. The zero-order valence-corrected chi connectivity index (χ0v) is 4.60. The first-order valence-electron chi connectivity index (χ1n) is 2.64. The fraction of sp³-hybridized carbons (Fsp3) is 0.800. The van der Waals surface area contributed by atoms with Gasteiger partial charge in [0.15, 0.2) is 0 Å². The highest BCUT2D eigenvalue weighted by molar-refractivity contribution is 5.79. The van der Waals surface area contributed by atoms with Gasteiger partial charge in [0.2, 0.25) is 5.67 Å². The SMILES string of the molecule is O=C(O)[C@@]1(F)CC[C@@H]1F. The molecule has 1 saturated carbocycles. The molecule has 0 amide bonds. The second-order valence-corrected chi connectivity index (χ2v) is 2.17. The second kappa shape index (κ2) is 1.65. The third-order valence-electron chi connectivity index (χ3n) is 1.61. The summed E-state index contributed by atoms with van der Waals surface area (Å²) in [6, 6.07) is 0. The lowest BCUT2D eigenvalue weighted by atomic mass is 9.80. The van der Waals surface area contributed by atoms with Gasteiger partial charge in [-0.15, -0.1) is 0 Å². The van der Waals surface area contributed by atoms with Crippen molar-refractivity contribution >= 4 is 5.97 Å². The number of halogens is 2. The standard InChI is InChI=1S/C5H6F2O2/c6-3-1-2-5(3,7)4(8)9/h3H,1-2H2,(H,8,9)/t3-,5+/m0/s1. The summed E-state index contributed by atoms with van der Waals surface area (Å²) in [5, 5.41) is 8.05. The number of aliphatic carboxylic acids is 1. The zero-order chi connectivity index (χ0) is 7.07. The van der Waals surface area contributed by atoms with E-state index in [9.17, 15) is 13.6 Å². The molecule has 9 heavy (non-hydrogen) atoms. The molecule has 2 atom stereocenters. The minimum Gasteiger partial charge on any atom is -0.479 e. The number of carboxylic acid groups (broad SMARTS) is 1. The van der Waals surface area contributed by atoms with Crippen LogP contribution in [0.1, 0.15) is 12.8 Å². The molecular weight excluding hydrogens is 130 g/mol. The molecule has 52 valence electrons. The van der Waals surface area contributed by atoms with Crippen LogP contribution >= 0.6 is 0 Å². The van der Waals surface area contributed by atoms with Crippen molar-refractivity contribution in [2.24, 2.45) is 0 Å². The molecule has 0 saturated heterocycles. The molecule has 0 radical (unpaired) electrons. The van der Waals surface area contributed by atoms with Crippen molar-refractivity contribution in [3.05, 3.63) is 0 Å². The van der Waals surface area contributed by atoms with Gasteiger partial charge in [0.05, 0.1) is 0 Å². The van der Waals surface area contributed by atoms with Crippen molar-refractivity contribution in [2.45, 2.75) is 24.7 Å². The molecule has 1 fully saturated rings. The van der Waals surface area contributed by atoms with Gasteiger partial charge in [0, 0.05) is 0 Å². The average Bonchev–Trinajstić information content (AvgIpc) is 1.82. The van der Waals surface area contributed by atoms with E-state index in [0.29, 0.717) is 0 Å². The lowest BCUT2D eigenvalue weighted by molar-refractivity contribution is -0.165. The van der Waals surface area contributed by atoms with Crippen molar-refractivity contribution in [1.82, 2.24) is 0 Å². The van der Waals surface area contributed by atoms with Gasteiger partial charge < -0.3 is 5.11 Å². The largest absolute Gasteiger partial charge is 0.479 e. The Kier molecular flexibility index (Phi) is 1.18. The van der Waals surface area contributed by atoms with Crippen LogP contribution in [-0.4, -0.2) is 22.9 Å². The molecule has 1 aliphatic rings. The van der Waals surface area contributed by atoms with Gasteiger partial charge in [-0.3, -0.25) is 0 Å². The molecule has 0 spiro atoms. The maximum Gasteiger partial charge on any atom is 0.344 e. The summed E-state index contributed by atoms with van der Waals surface area (Å²) >= 11 is 0. The molecule has 0 heterocycles. The van der Waals surface area contributed by atoms with E-state index in [1.54, 1.807) is 0 Å². The first-order chi connectivity index (χ1) is 4.07. The van der Waals surface area contributed by atoms with Gasteiger partial charge in [-0.2, -0.15) is 0 Å². The summed E-state index contributed by atoms with van der Waals surface area (Å²) in [6.45, 7) is 0. The highest BCUT2D eigenvalue weighted by atomic mass is 19.2. The van der Waals surface area contributed by atoms with E-state index >= 15 is 0 Å². The van der Waals surface area contributed by atoms with Crippen molar-refractivity contribution in [1.29, 1.82) is 0 Å². The normalized spacial score (nSPS) is 41.8. The highest BCUT2D eigenvalue weighted by Gasteiger charge is 2.55. The monoisotopic (exact) mass is 136 g/mol. The Morgan fingerprint density at radius 1 is 1.78 bits per heavy atom. The number of carbonyl (C=O) groups is 1. The predicted molar refractivity (Wildman–Crippen MR) is 25.6 cm³/mol. The molecule has 0 aliphatic heterocycles. The lowest BCUT2D eigenvalue weighted by Crippen LogP contribution is -2.51. The molecule has 0 aromatic rings. The fourth-order valence-electron chi connectivity index (χ4n) is 0.748. The van der Waals surface area contributed by atoms with Crippen LogP contribution in [0.15, 0.2) is 0 Å². The quantitative estimate of drug-likeness (QED) is 0.581. The fourth-order valence-corrected chi connectivity index (χ4v) is 0.748. The number of carboxylic acids is 1. The summed E-state index contributed by atoms with van der Waals surface area (Å²) in [4.78, 5) is 9.90. The molecule has 0 aromatic heterocycles.